The largest absolute Gasteiger partial charge is 0.411 e. The lowest BCUT2D eigenvalue weighted by molar-refractivity contribution is -0.177. The Hall–Kier alpha value is -0.980. The molecule has 0 aromatic heterocycles. The van der Waals surface area contributed by atoms with E-state index in [4.69, 9.17) is 10.5 Å². The van der Waals surface area contributed by atoms with Crippen LogP contribution in [0.4, 0.5) is 18.0 Å². The van der Waals surface area contributed by atoms with Gasteiger partial charge in [-0.15, -0.1) is 0 Å². The summed E-state index contributed by atoms with van der Waals surface area (Å²) in [6.07, 6.45) is 4.43. The van der Waals surface area contributed by atoms with Crippen molar-refractivity contribution in [2.24, 2.45) is 11.7 Å². The van der Waals surface area contributed by atoms with Gasteiger partial charge in [-0.1, -0.05) is 19.3 Å². The van der Waals surface area contributed by atoms with Gasteiger partial charge >= 0.3 is 12.2 Å². The van der Waals surface area contributed by atoms with Gasteiger partial charge < -0.3 is 15.4 Å². The third-order valence-corrected chi connectivity index (χ3v) is 5.05. The van der Waals surface area contributed by atoms with Gasteiger partial charge in [-0.2, -0.15) is 13.2 Å². The smallest absolute Gasteiger partial charge is 0.372 e. The first-order valence-electron chi connectivity index (χ1n) is 8.59. The van der Waals surface area contributed by atoms with Crippen molar-refractivity contribution in [2.45, 2.75) is 76.0 Å². The summed E-state index contributed by atoms with van der Waals surface area (Å²) in [6.45, 7) is -1.03. The van der Waals surface area contributed by atoms with E-state index in [0.29, 0.717) is 0 Å². The fourth-order valence-electron chi connectivity index (χ4n) is 3.95. The average Bonchev–Trinajstić information content (AvgIpc) is 2.48. The number of urea groups is 1. The Bertz CT molecular complexity index is 376. The summed E-state index contributed by atoms with van der Waals surface area (Å²) >= 11 is 0. The van der Waals surface area contributed by atoms with Crippen LogP contribution in [-0.2, 0) is 4.74 Å². The molecule has 4 nitrogen and oxygen atoms in total. The van der Waals surface area contributed by atoms with Crippen LogP contribution in [-0.4, -0.2) is 42.4 Å². The topological polar surface area (TPSA) is 55.6 Å². The number of amides is 2. The predicted octanol–water partition coefficient (Wildman–Crippen LogP) is 3.84. The van der Waals surface area contributed by atoms with Gasteiger partial charge in [-0.05, 0) is 44.4 Å². The summed E-state index contributed by atoms with van der Waals surface area (Å²) in [5.41, 5.74) is 5.60. The van der Waals surface area contributed by atoms with E-state index in [9.17, 15) is 18.0 Å². The standard InChI is InChI=1S/C16H27F3N2O2/c17-16(18,19)11-23-10-12-6-8-14(9-7-12)21(15(20)22)13-4-2-1-3-5-13/h12-14H,1-11H2,(H2,20,22). The molecule has 0 saturated heterocycles. The highest BCUT2D eigenvalue weighted by molar-refractivity contribution is 5.72. The zero-order valence-corrected chi connectivity index (χ0v) is 13.5. The molecular weight excluding hydrogens is 309 g/mol. The minimum absolute atomic E-state index is 0.134. The van der Waals surface area contributed by atoms with Crippen molar-refractivity contribution in [1.82, 2.24) is 4.90 Å². The molecule has 0 aromatic rings. The van der Waals surface area contributed by atoms with Crippen molar-refractivity contribution in [2.75, 3.05) is 13.2 Å². The number of hydrogen-bond donors (Lipinski definition) is 1. The monoisotopic (exact) mass is 336 g/mol. The molecule has 0 heterocycles. The van der Waals surface area contributed by atoms with Crippen LogP contribution >= 0.6 is 0 Å². The number of nitrogens with two attached hydrogens (primary N) is 1. The Labute approximate surface area is 135 Å². The first-order valence-corrected chi connectivity index (χ1v) is 8.59. The molecule has 23 heavy (non-hydrogen) atoms. The highest BCUT2D eigenvalue weighted by atomic mass is 19.4. The molecule has 7 heteroatoms. The van der Waals surface area contributed by atoms with Crippen molar-refractivity contribution < 1.29 is 22.7 Å². The fraction of sp³-hybridized carbons (Fsp3) is 0.938. The molecule has 2 fully saturated rings. The summed E-state index contributed by atoms with van der Waals surface area (Å²) < 4.78 is 41.0. The molecule has 2 N–H and O–H groups in total. The Morgan fingerprint density at radius 1 is 1.00 bits per heavy atom. The van der Waals surface area contributed by atoms with Crippen molar-refractivity contribution in [1.29, 1.82) is 0 Å². The number of carbonyl (C=O) groups excluding carboxylic acids is 1. The number of nitrogens with zero attached hydrogens (tertiary/aromatic N) is 1. The van der Waals surface area contributed by atoms with E-state index in [1.54, 1.807) is 0 Å². The number of halogens is 3. The van der Waals surface area contributed by atoms with Gasteiger partial charge in [0.25, 0.3) is 0 Å². The van der Waals surface area contributed by atoms with E-state index in [1.807, 2.05) is 4.90 Å². The first kappa shape index (κ1) is 18.4. The Morgan fingerprint density at radius 3 is 2.09 bits per heavy atom. The maximum Gasteiger partial charge on any atom is 0.411 e. The Kier molecular flexibility index (Phi) is 6.56. The van der Waals surface area contributed by atoms with Gasteiger partial charge in [0.1, 0.15) is 6.61 Å². The van der Waals surface area contributed by atoms with E-state index < -0.39 is 12.8 Å². The van der Waals surface area contributed by atoms with E-state index in [1.165, 1.54) is 6.42 Å². The zero-order valence-electron chi connectivity index (χ0n) is 13.5. The molecule has 0 radical (unpaired) electrons. The summed E-state index contributed by atoms with van der Waals surface area (Å²) in [7, 11) is 0. The number of carbonyl (C=O) groups is 1. The van der Waals surface area contributed by atoms with Gasteiger partial charge in [-0.25, -0.2) is 4.79 Å². The van der Waals surface area contributed by atoms with Gasteiger partial charge in [0, 0.05) is 18.7 Å². The van der Waals surface area contributed by atoms with Crippen LogP contribution in [0, 0.1) is 5.92 Å². The normalized spacial score (nSPS) is 26.9. The van der Waals surface area contributed by atoms with Gasteiger partial charge in [-0.3, -0.25) is 0 Å². The molecule has 2 aliphatic rings. The second-order valence-electron chi connectivity index (χ2n) is 6.84. The minimum Gasteiger partial charge on any atom is -0.372 e. The number of ether oxygens (including phenoxy) is 1. The predicted molar refractivity (Wildman–Crippen MR) is 80.9 cm³/mol. The summed E-state index contributed by atoms with van der Waals surface area (Å²) in [6, 6.07) is 0.0208. The summed E-state index contributed by atoms with van der Waals surface area (Å²) in [5.74, 6) is 0.148. The van der Waals surface area contributed by atoms with E-state index in [2.05, 4.69) is 0 Å². The van der Waals surface area contributed by atoms with Crippen LogP contribution in [0.3, 0.4) is 0 Å². The molecule has 2 rings (SSSR count). The molecule has 134 valence electrons. The molecule has 0 unspecified atom stereocenters. The van der Waals surface area contributed by atoms with Crippen LogP contribution in [0.25, 0.3) is 0 Å². The number of hydrogen-bond acceptors (Lipinski definition) is 2. The lowest BCUT2D eigenvalue weighted by atomic mass is 9.84. The highest BCUT2D eigenvalue weighted by Crippen LogP contribution is 2.32. The van der Waals surface area contributed by atoms with Crippen LogP contribution < -0.4 is 5.73 Å². The summed E-state index contributed by atoms with van der Waals surface area (Å²) in [4.78, 5) is 13.7. The number of alkyl halides is 3. The van der Waals surface area contributed by atoms with Crippen molar-refractivity contribution in [3.8, 4) is 0 Å². The van der Waals surface area contributed by atoms with Crippen LogP contribution in [0.2, 0.25) is 0 Å². The highest BCUT2D eigenvalue weighted by Gasteiger charge is 2.34. The average molecular weight is 336 g/mol. The molecular formula is C16H27F3N2O2. The molecule has 2 amide bonds. The van der Waals surface area contributed by atoms with Crippen LogP contribution in [0.1, 0.15) is 57.8 Å². The first-order chi connectivity index (χ1) is 10.9. The Morgan fingerprint density at radius 2 is 1.57 bits per heavy atom. The molecule has 0 atom stereocenters. The van der Waals surface area contributed by atoms with Crippen LogP contribution in [0.15, 0.2) is 0 Å². The third-order valence-electron chi connectivity index (χ3n) is 5.05. The lowest BCUT2D eigenvalue weighted by Crippen LogP contribution is -2.51. The number of primary amides is 1. The quantitative estimate of drug-likeness (QED) is 0.829. The van der Waals surface area contributed by atoms with Crippen LogP contribution in [0.5, 0.6) is 0 Å². The van der Waals surface area contributed by atoms with Gasteiger partial charge in [0.05, 0.1) is 0 Å². The molecule has 0 aromatic carbocycles. The fourth-order valence-corrected chi connectivity index (χ4v) is 3.95. The van der Waals surface area contributed by atoms with E-state index >= 15 is 0 Å². The van der Waals surface area contributed by atoms with E-state index in [0.717, 1.165) is 51.4 Å². The van der Waals surface area contributed by atoms with Crippen molar-refractivity contribution in [3.63, 3.8) is 0 Å². The maximum atomic E-state index is 12.1. The van der Waals surface area contributed by atoms with Crippen molar-refractivity contribution >= 4 is 6.03 Å². The summed E-state index contributed by atoms with van der Waals surface area (Å²) in [5, 5.41) is 0. The second kappa shape index (κ2) is 8.22. The van der Waals surface area contributed by atoms with E-state index in [-0.39, 0.29) is 30.6 Å². The van der Waals surface area contributed by atoms with Crippen molar-refractivity contribution in [3.05, 3.63) is 0 Å². The zero-order chi connectivity index (χ0) is 16.9. The SMILES string of the molecule is NC(=O)N(C1CCCCC1)C1CCC(COCC(F)(F)F)CC1. The molecule has 2 aliphatic carbocycles. The molecule has 0 aliphatic heterocycles. The number of rotatable bonds is 5. The van der Waals surface area contributed by atoms with Gasteiger partial charge in [0.15, 0.2) is 0 Å². The molecule has 0 bridgehead atoms. The second-order valence-corrected chi connectivity index (χ2v) is 6.84. The Balaban J connectivity index is 1.78. The third kappa shape index (κ3) is 5.86. The maximum absolute atomic E-state index is 12.1. The molecule has 2 saturated carbocycles. The lowest BCUT2D eigenvalue weighted by Gasteiger charge is -2.42. The minimum atomic E-state index is -4.26. The molecule has 0 spiro atoms. The van der Waals surface area contributed by atoms with Gasteiger partial charge in [0.2, 0.25) is 0 Å².